The number of hydrogen-bond donors (Lipinski definition) is 0. The summed E-state index contributed by atoms with van der Waals surface area (Å²) in [5.41, 5.74) is 1.99. The quantitative estimate of drug-likeness (QED) is 0.633. The number of amides is 1. The minimum Gasteiger partial charge on any atom is -0.445 e. The van der Waals surface area contributed by atoms with Crippen LogP contribution in [-0.4, -0.2) is 29.3 Å². The zero-order valence-electron chi connectivity index (χ0n) is 14.7. The summed E-state index contributed by atoms with van der Waals surface area (Å²) in [4.78, 5) is 14.4. The van der Waals surface area contributed by atoms with Crippen LogP contribution in [0.1, 0.15) is 50.5 Å². The molecule has 0 radical (unpaired) electrons. The SMILES string of the molecule is O=C(OCc1ccccc1)N1C2C=C(CCCC(F)(F)F)CC1CCC2. The van der Waals surface area contributed by atoms with Crippen LogP contribution in [0.4, 0.5) is 18.0 Å². The van der Waals surface area contributed by atoms with Gasteiger partial charge in [0.2, 0.25) is 0 Å². The van der Waals surface area contributed by atoms with Crippen molar-refractivity contribution in [3.63, 3.8) is 0 Å². The average molecular weight is 367 g/mol. The Morgan fingerprint density at radius 3 is 2.65 bits per heavy atom. The fraction of sp³-hybridized carbons (Fsp3) is 0.550. The first-order valence-electron chi connectivity index (χ1n) is 9.18. The lowest BCUT2D eigenvalue weighted by molar-refractivity contribution is -0.135. The molecule has 2 aliphatic rings. The van der Waals surface area contributed by atoms with E-state index in [-0.39, 0.29) is 31.2 Å². The van der Waals surface area contributed by atoms with Gasteiger partial charge in [-0.2, -0.15) is 13.2 Å². The summed E-state index contributed by atoms with van der Waals surface area (Å²) in [5, 5.41) is 0. The number of rotatable bonds is 5. The summed E-state index contributed by atoms with van der Waals surface area (Å²) in [6.07, 6.45) is 0.823. The summed E-state index contributed by atoms with van der Waals surface area (Å²) in [5.74, 6) is 0. The maximum absolute atomic E-state index is 12.6. The number of carbonyl (C=O) groups is 1. The Bertz CT molecular complexity index is 642. The predicted octanol–water partition coefficient (Wildman–Crippen LogP) is 5.61. The first kappa shape index (κ1) is 18.8. The minimum absolute atomic E-state index is 0.0444. The van der Waals surface area contributed by atoms with Gasteiger partial charge in [0.15, 0.2) is 0 Å². The Kier molecular flexibility index (Phi) is 5.89. The van der Waals surface area contributed by atoms with Crippen LogP contribution in [0.25, 0.3) is 0 Å². The summed E-state index contributed by atoms with van der Waals surface area (Å²) >= 11 is 0. The number of hydrogen-bond acceptors (Lipinski definition) is 2. The fourth-order valence-corrected chi connectivity index (χ4v) is 3.90. The topological polar surface area (TPSA) is 29.5 Å². The third-order valence-electron chi connectivity index (χ3n) is 5.09. The number of benzene rings is 1. The molecule has 3 rings (SSSR count). The van der Waals surface area contributed by atoms with E-state index in [2.05, 4.69) is 0 Å². The summed E-state index contributed by atoms with van der Waals surface area (Å²) < 4.78 is 42.5. The lowest BCUT2D eigenvalue weighted by Gasteiger charge is -2.44. The first-order chi connectivity index (χ1) is 12.4. The zero-order valence-corrected chi connectivity index (χ0v) is 14.7. The van der Waals surface area contributed by atoms with Gasteiger partial charge in [-0.3, -0.25) is 4.90 Å². The number of nitrogens with zero attached hydrogens (tertiary/aromatic N) is 1. The van der Waals surface area contributed by atoms with Crippen molar-refractivity contribution in [1.29, 1.82) is 0 Å². The molecular weight excluding hydrogens is 343 g/mol. The van der Waals surface area contributed by atoms with Crippen LogP contribution in [0.5, 0.6) is 0 Å². The van der Waals surface area contributed by atoms with Crippen molar-refractivity contribution in [1.82, 2.24) is 4.90 Å². The van der Waals surface area contributed by atoms with Crippen molar-refractivity contribution in [2.45, 2.75) is 69.8 Å². The lowest BCUT2D eigenvalue weighted by Crippen LogP contribution is -2.51. The third-order valence-corrected chi connectivity index (χ3v) is 5.09. The molecule has 142 valence electrons. The average Bonchev–Trinajstić information content (AvgIpc) is 2.58. The number of ether oxygens (including phenoxy) is 1. The molecular formula is C20H24F3NO2. The van der Waals surface area contributed by atoms with Gasteiger partial charge in [0.1, 0.15) is 6.61 Å². The van der Waals surface area contributed by atoms with Gasteiger partial charge in [-0.25, -0.2) is 4.79 Å². The normalized spacial score (nSPS) is 22.7. The molecule has 2 bridgehead atoms. The van der Waals surface area contributed by atoms with E-state index < -0.39 is 12.6 Å². The molecule has 26 heavy (non-hydrogen) atoms. The second-order valence-corrected chi connectivity index (χ2v) is 7.10. The van der Waals surface area contributed by atoms with Gasteiger partial charge >= 0.3 is 12.3 Å². The van der Waals surface area contributed by atoms with Gasteiger partial charge in [-0.15, -0.1) is 0 Å². The van der Waals surface area contributed by atoms with E-state index >= 15 is 0 Å². The van der Waals surface area contributed by atoms with Crippen molar-refractivity contribution >= 4 is 6.09 Å². The van der Waals surface area contributed by atoms with Crippen LogP contribution in [-0.2, 0) is 11.3 Å². The number of halogens is 3. The number of carbonyl (C=O) groups excluding carboxylic acids is 1. The van der Waals surface area contributed by atoms with Gasteiger partial charge in [0, 0.05) is 12.5 Å². The summed E-state index contributed by atoms with van der Waals surface area (Å²) in [6, 6.07) is 9.51. The Labute approximate surface area is 151 Å². The molecule has 0 aliphatic carbocycles. The Hall–Kier alpha value is -1.98. The van der Waals surface area contributed by atoms with Crippen LogP contribution >= 0.6 is 0 Å². The molecule has 6 heteroatoms. The third kappa shape index (κ3) is 5.02. The van der Waals surface area contributed by atoms with E-state index in [1.54, 1.807) is 4.90 Å². The summed E-state index contributed by atoms with van der Waals surface area (Å²) in [6.45, 7) is 0.234. The van der Waals surface area contributed by atoms with E-state index in [0.29, 0.717) is 12.8 Å². The molecule has 0 N–H and O–H groups in total. The van der Waals surface area contributed by atoms with Crippen LogP contribution < -0.4 is 0 Å². The fourth-order valence-electron chi connectivity index (χ4n) is 3.90. The van der Waals surface area contributed by atoms with Crippen LogP contribution in [0.2, 0.25) is 0 Å². The van der Waals surface area contributed by atoms with Crippen LogP contribution in [0, 0.1) is 0 Å². The van der Waals surface area contributed by atoms with Crippen molar-refractivity contribution < 1.29 is 22.7 Å². The van der Waals surface area contributed by atoms with E-state index in [1.807, 2.05) is 36.4 Å². The van der Waals surface area contributed by atoms with Crippen molar-refractivity contribution in [3.8, 4) is 0 Å². The molecule has 0 saturated carbocycles. The maximum atomic E-state index is 12.6. The van der Waals surface area contributed by atoms with E-state index in [0.717, 1.165) is 30.4 Å². The highest BCUT2D eigenvalue weighted by Gasteiger charge is 2.38. The Morgan fingerprint density at radius 2 is 1.96 bits per heavy atom. The second kappa shape index (κ2) is 8.14. The zero-order chi connectivity index (χ0) is 18.6. The molecule has 1 fully saturated rings. The standard InChI is InChI=1S/C20H24F3NO2/c21-20(22,23)11-5-8-16-12-17-9-4-10-18(13-16)24(17)19(25)26-14-15-6-2-1-3-7-15/h1-3,6-7,12,17-18H,4-5,8-11,13-14H2. The van der Waals surface area contributed by atoms with Gasteiger partial charge < -0.3 is 4.74 Å². The molecule has 0 spiro atoms. The van der Waals surface area contributed by atoms with Crippen molar-refractivity contribution in [3.05, 3.63) is 47.5 Å². The number of piperidine rings is 1. The number of fused-ring (bicyclic) bond motifs is 2. The molecule has 1 aromatic rings. The maximum Gasteiger partial charge on any atom is 0.410 e. The second-order valence-electron chi connectivity index (χ2n) is 7.10. The van der Waals surface area contributed by atoms with Crippen LogP contribution in [0.3, 0.4) is 0 Å². The Morgan fingerprint density at radius 1 is 1.19 bits per heavy atom. The number of alkyl halides is 3. The molecule has 3 nitrogen and oxygen atoms in total. The molecule has 1 aromatic carbocycles. The smallest absolute Gasteiger partial charge is 0.410 e. The molecule has 2 atom stereocenters. The molecule has 2 aliphatic heterocycles. The highest BCUT2D eigenvalue weighted by Crippen LogP contribution is 2.36. The predicted molar refractivity (Wildman–Crippen MR) is 92.5 cm³/mol. The minimum atomic E-state index is -4.10. The lowest BCUT2D eigenvalue weighted by atomic mass is 9.84. The van der Waals surface area contributed by atoms with Gasteiger partial charge in [-0.1, -0.05) is 42.0 Å². The van der Waals surface area contributed by atoms with Gasteiger partial charge in [-0.05, 0) is 44.1 Å². The molecule has 2 heterocycles. The molecule has 1 saturated heterocycles. The van der Waals surface area contributed by atoms with E-state index in [4.69, 9.17) is 4.74 Å². The monoisotopic (exact) mass is 367 g/mol. The van der Waals surface area contributed by atoms with E-state index in [9.17, 15) is 18.0 Å². The van der Waals surface area contributed by atoms with Crippen molar-refractivity contribution in [2.24, 2.45) is 0 Å². The van der Waals surface area contributed by atoms with Gasteiger partial charge in [0.05, 0.1) is 6.04 Å². The van der Waals surface area contributed by atoms with Gasteiger partial charge in [0.25, 0.3) is 0 Å². The molecule has 2 unspecified atom stereocenters. The van der Waals surface area contributed by atoms with E-state index in [1.165, 1.54) is 0 Å². The highest BCUT2D eigenvalue weighted by molar-refractivity contribution is 5.69. The molecule has 0 aromatic heterocycles. The van der Waals surface area contributed by atoms with Crippen molar-refractivity contribution in [2.75, 3.05) is 0 Å². The van der Waals surface area contributed by atoms with Crippen LogP contribution in [0.15, 0.2) is 42.0 Å². The highest BCUT2D eigenvalue weighted by atomic mass is 19.4. The summed E-state index contributed by atoms with van der Waals surface area (Å²) in [7, 11) is 0. The Balaban J connectivity index is 1.58. The largest absolute Gasteiger partial charge is 0.445 e. The first-order valence-corrected chi connectivity index (χ1v) is 9.18. The molecule has 1 amide bonds.